The van der Waals surface area contributed by atoms with Gasteiger partial charge in [0.1, 0.15) is 6.54 Å². The van der Waals surface area contributed by atoms with Gasteiger partial charge in [-0.05, 0) is 42.8 Å². The Morgan fingerprint density at radius 2 is 1.50 bits per heavy atom. The molecule has 3 rings (SSSR count). The average molecular weight is 417 g/mol. The van der Waals surface area contributed by atoms with Crippen LogP contribution in [0.5, 0.6) is 0 Å². The summed E-state index contributed by atoms with van der Waals surface area (Å²) in [4.78, 5) is 22.3. The molecule has 0 fully saturated rings. The summed E-state index contributed by atoms with van der Waals surface area (Å²) >= 11 is 0. The van der Waals surface area contributed by atoms with Crippen molar-refractivity contribution in [2.75, 3.05) is 6.54 Å². The molecule has 1 heterocycles. The van der Waals surface area contributed by atoms with E-state index in [9.17, 15) is 22.8 Å². The van der Waals surface area contributed by atoms with Gasteiger partial charge in [-0.15, -0.1) is 20.4 Å². The predicted molar refractivity (Wildman–Crippen MR) is 98.2 cm³/mol. The number of rotatable bonds is 5. The standard InChI is InChI=1S/C19H14F3N5O3/c1-10-6-13(8-14(7-10)19(20,21)22)17-26-24-16(25-27-17)11-2-4-12(5-3-11)18(30)23-9-15(28)29/h2-8H,9H2,1H3,(H,23,30)(H,28,29). The van der Waals surface area contributed by atoms with Gasteiger partial charge in [-0.1, -0.05) is 12.1 Å². The summed E-state index contributed by atoms with van der Waals surface area (Å²) in [7, 11) is 0. The van der Waals surface area contributed by atoms with Gasteiger partial charge in [-0.2, -0.15) is 13.2 Å². The number of alkyl halides is 3. The van der Waals surface area contributed by atoms with Gasteiger partial charge < -0.3 is 10.4 Å². The molecular weight excluding hydrogens is 403 g/mol. The third-order valence-electron chi connectivity index (χ3n) is 3.95. The zero-order valence-corrected chi connectivity index (χ0v) is 15.4. The second-order valence-corrected chi connectivity index (χ2v) is 6.29. The van der Waals surface area contributed by atoms with Crippen molar-refractivity contribution < 1.29 is 27.9 Å². The van der Waals surface area contributed by atoms with Crippen LogP contribution in [0.25, 0.3) is 22.8 Å². The van der Waals surface area contributed by atoms with Crippen molar-refractivity contribution in [2.45, 2.75) is 13.1 Å². The van der Waals surface area contributed by atoms with Crippen molar-refractivity contribution in [2.24, 2.45) is 0 Å². The number of nitrogens with one attached hydrogen (secondary N) is 1. The zero-order valence-electron chi connectivity index (χ0n) is 15.4. The summed E-state index contributed by atoms with van der Waals surface area (Å²) in [6, 6.07) is 9.37. The van der Waals surface area contributed by atoms with E-state index < -0.39 is 30.2 Å². The Morgan fingerprint density at radius 1 is 0.933 bits per heavy atom. The minimum Gasteiger partial charge on any atom is -0.480 e. The molecule has 0 radical (unpaired) electrons. The second kappa shape index (κ2) is 8.23. The topological polar surface area (TPSA) is 118 Å². The highest BCUT2D eigenvalue weighted by molar-refractivity contribution is 5.96. The molecule has 0 saturated carbocycles. The number of halogens is 3. The molecule has 1 aromatic heterocycles. The minimum absolute atomic E-state index is 0.0578. The number of carbonyl (C=O) groups excluding carboxylic acids is 1. The molecule has 2 N–H and O–H groups in total. The quantitative estimate of drug-likeness (QED) is 0.655. The van der Waals surface area contributed by atoms with Crippen LogP contribution < -0.4 is 5.32 Å². The van der Waals surface area contributed by atoms with Crippen LogP contribution in [0.3, 0.4) is 0 Å². The Bertz CT molecular complexity index is 1080. The van der Waals surface area contributed by atoms with Crippen LogP contribution in [0.15, 0.2) is 42.5 Å². The van der Waals surface area contributed by atoms with Gasteiger partial charge in [0.25, 0.3) is 5.91 Å². The molecule has 1 amide bonds. The van der Waals surface area contributed by atoms with E-state index in [4.69, 9.17) is 5.11 Å². The third kappa shape index (κ3) is 4.93. The van der Waals surface area contributed by atoms with Crippen LogP contribution in [0.4, 0.5) is 13.2 Å². The fourth-order valence-corrected chi connectivity index (χ4v) is 2.56. The fourth-order valence-electron chi connectivity index (χ4n) is 2.56. The SMILES string of the molecule is Cc1cc(-c2nnc(-c3ccc(C(=O)NCC(=O)O)cc3)nn2)cc(C(F)(F)F)c1. The first-order valence-corrected chi connectivity index (χ1v) is 8.50. The van der Waals surface area contributed by atoms with E-state index >= 15 is 0 Å². The van der Waals surface area contributed by atoms with Gasteiger partial charge in [0.2, 0.25) is 11.6 Å². The molecule has 8 nitrogen and oxygen atoms in total. The second-order valence-electron chi connectivity index (χ2n) is 6.29. The van der Waals surface area contributed by atoms with E-state index in [1.165, 1.54) is 37.3 Å². The number of carboxylic acids is 1. The molecule has 154 valence electrons. The smallest absolute Gasteiger partial charge is 0.416 e. The lowest BCUT2D eigenvalue weighted by Crippen LogP contribution is -2.29. The Kier molecular flexibility index (Phi) is 5.72. The summed E-state index contributed by atoms with van der Waals surface area (Å²) in [5, 5.41) is 26.3. The van der Waals surface area contributed by atoms with Crippen LogP contribution in [0, 0.1) is 6.92 Å². The molecular formula is C19H14F3N5O3. The van der Waals surface area contributed by atoms with Crippen molar-refractivity contribution in [1.82, 2.24) is 25.7 Å². The highest BCUT2D eigenvalue weighted by atomic mass is 19.4. The maximum Gasteiger partial charge on any atom is 0.416 e. The lowest BCUT2D eigenvalue weighted by molar-refractivity contribution is -0.138. The van der Waals surface area contributed by atoms with Gasteiger partial charge in [0.15, 0.2) is 0 Å². The lowest BCUT2D eigenvalue weighted by Gasteiger charge is -2.09. The highest BCUT2D eigenvalue weighted by Crippen LogP contribution is 2.32. The van der Waals surface area contributed by atoms with Crippen LogP contribution in [-0.4, -0.2) is 43.9 Å². The Labute approximate surface area is 167 Å². The Hall–Kier alpha value is -3.89. The number of carboxylic acid groups (broad SMARTS) is 1. The maximum atomic E-state index is 13.0. The van der Waals surface area contributed by atoms with E-state index in [0.29, 0.717) is 11.1 Å². The van der Waals surface area contributed by atoms with Crippen molar-refractivity contribution >= 4 is 11.9 Å². The maximum absolute atomic E-state index is 13.0. The number of hydrogen-bond acceptors (Lipinski definition) is 6. The van der Waals surface area contributed by atoms with E-state index in [0.717, 1.165) is 12.1 Å². The Balaban J connectivity index is 1.80. The summed E-state index contributed by atoms with van der Waals surface area (Å²) in [5.41, 5.74) is 0.416. The first-order chi connectivity index (χ1) is 14.1. The molecule has 0 aliphatic heterocycles. The van der Waals surface area contributed by atoms with Crippen molar-refractivity contribution in [3.8, 4) is 22.8 Å². The fraction of sp³-hybridized carbons (Fsp3) is 0.158. The Morgan fingerprint density at radius 3 is 2.03 bits per heavy atom. The monoisotopic (exact) mass is 417 g/mol. The number of aryl methyl sites for hydroxylation is 1. The van der Waals surface area contributed by atoms with Gasteiger partial charge in [-0.3, -0.25) is 9.59 Å². The number of aromatic nitrogens is 4. The molecule has 11 heteroatoms. The largest absolute Gasteiger partial charge is 0.480 e. The number of aliphatic carboxylic acids is 1. The average Bonchev–Trinajstić information content (AvgIpc) is 2.71. The summed E-state index contributed by atoms with van der Waals surface area (Å²) < 4.78 is 39.0. The van der Waals surface area contributed by atoms with Gasteiger partial charge in [0, 0.05) is 16.7 Å². The van der Waals surface area contributed by atoms with Gasteiger partial charge in [-0.25, -0.2) is 0 Å². The van der Waals surface area contributed by atoms with Crippen LogP contribution in [0.2, 0.25) is 0 Å². The van der Waals surface area contributed by atoms with Crippen molar-refractivity contribution in [3.05, 3.63) is 59.2 Å². The number of benzene rings is 2. The van der Waals surface area contributed by atoms with Gasteiger partial charge in [0.05, 0.1) is 5.56 Å². The summed E-state index contributed by atoms with van der Waals surface area (Å²) in [6.07, 6.45) is -4.50. The van der Waals surface area contributed by atoms with Crippen molar-refractivity contribution in [1.29, 1.82) is 0 Å². The number of hydrogen-bond donors (Lipinski definition) is 2. The zero-order chi connectivity index (χ0) is 21.9. The molecule has 0 aliphatic carbocycles. The summed E-state index contributed by atoms with van der Waals surface area (Å²) in [5.74, 6) is -1.67. The van der Waals surface area contributed by atoms with E-state index in [-0.39, 0.29) is 22.8 Å². The molecule has 3 aromatic rings. The number of amides is 1. The van der Waals surface area contributed by atoms with Crippen LogP contribution in [0.1, 0.15) is 21.5 Å². The first kappa shape index (κ1) is 20.8. The van der Waals surface area contributed by atoms with Crippen molar-refractivity contribution in [3.63, 3.8) is 0 Å². The normalized spacial score (nSPS) is 11.2. The highest BCUT2D eigenvalue weighted by Gasteiger charge is 2.31. The molecule has 0 aliphatic rings. The molecule has 30 heavy (non-hydrogen) atoms. The van der Waals surface area contributed by atoms with E-state index in [2.05, 4.69) is 25.7 Å². The molecule has 0 bridgehead atoms. The predicted octanol–water partition coefficient (Wildman–Crippen LogP) is 2.74. The van der Waals surface area contributed by atoms with Gasteiger partial charge >= 0.3 is 12.1 Å². The van der Waals surface area contributed by atoms with Crippen LogP contribution in [-0.2, 0) is 11.0 Å². The molecule has 2 aromatic carbocycles. The lowest BCUT2D eigenvalue weighted by atomic mass is 10.1. The number of carbonyl (C=O) groups is 2. The first-order valence-electron chi connectivity index (χ1n) is 8.50. The molecule has 0 spiro atoms. The minimum atomic E-state index is -4.50. The molecule has 0 unspecified atom stereocenters. The number of nitrogens with zero attached hydrogens (tertiary/aromatic N) is 4. The third-order valence-corrected chi connectivity index (χ3v) is 3.95. The van der Waals surface area contributed by atoms with E-state index in [1.54, 1.807) is 0 Å². The molecule has 0 saturated heterocycles. The van der Waals surface area contributed by atoms with Crippen LogP contribution >= 0.6 is 0 Å². The molecule has 0 atom stereocenters. The van der Waals surface area contributed by atoms with E-state index in [1.807, 2.05) is 0 Å². The summed E-state index contributed by atoms with van der Waals surface area (Å²) in [6.45, 7) is 1.02.